The highest BCUT2D eigenvalue weighted by atomic mass is 35.5. The lowest BCUT2D eigenvalue weighted by Gasteiger charge is -2.15. The molecular weight excluding hydrogens is 272 g/mol. The number of thioether (sulfide) groups is 1. The van der Waals surface area contributed by atoms with Crippen LogP contribution in [-0.4, -0.2) is 6.26 Å². The highest BCUT2D eigenvalue weighted by Gasteiger charge is 2.16. The molecule has 0 aliphatic heterocycles. The number of hydrogen-bond donors (Lipinski definition) is 2. The Morgan fingerprint density at radius 3 is 2.47 bits per heavy atom. The quantitative estimate of drug-likeness (QED) is 0.511. The molecule has 2 aromatic rings. The van der Waals surface area contributed by atoms with Crippen molar-refractivity contribution in [3.8, 4) is 0 Å². The number of hydrogen-bond acceptors (Lipinski definition) is 4. The van der Waals surface area contributed by atoms with Crippen LogP contribution < -0.4 is 11.3 Å². The van der Waals surface area contributed by atoms with Crippen LogP contribution in [0.3, 0.4) is 0 Å². The minimum atomic E-state index is -0.0431. The average Bonchev–Trinajstić information content (AvgIpc) is 2.78. The first-order chi connectivity index (χ1) is 8.26. The third-order valence-corrected chi connectivity index (χ3v) is 4.69. The zero-order chi connectivity index (χ0) is 12.3. The topological polar surface area (TPSA) is 38.0 Å². The van der Waals surface area contributed by atoms with Crippen molar-refractivity contribution >= 4 is 34.7 Å². The van der Waals surface area contributed by atoms with E-state index < -0.39 is 0 Å². The van der Waals surface area contributed by atoms with Crippen LogP contribution >= 0.6 is 34.7 Å². The zero-order valence-electron chi connectivity index (χ0n) is 9.31. The standard InChI is InChI=1S/C12H13ClN2S2/c1-16-9-4-2-8(3-5-9)11(15-14)12-10(13)6-7-17-12/h2-7,11,15H,14H2,1H3. The van der Waals surface area contributed by atoms with Gasteiger partial charge >= 0.3 is 0 Å². The number of benzene rings is 1. The van der Waals surface area contributed by atoms with Crippen molar-refractivity contribution in [2.45, 2.75) is 10.9 Å². The van der Waals surface area contributed by atoms with Gasteiger partial charge in [-0.15, -0.1) is 23.1 Å². The van der Waals surface area contributed by atoms with Crippen LogP contribution in [0.25, 0.3) is 0 Å². The largest absolute Gasteiger partial charge is 0.271 e. The van der Waals surface area contributed by atoms with Gasteiger partial charge in [-0.2, -0.15) is 0 Å². The molecule has 17 heavy (non-hydrogen) atoms. The number of nitrogens with one attached hydrogen (secondary N) is 1. The van der Waals surface area contributed by atoms with E-state index in [-0.39, 0.29) is 6.04 Å². The van der Waals surface area contributed by atoms with Gasteiger partial charge in [-0.25, -0.2) is 5.43 Å². The first-order valence-electron chi connectivity index (χ1n) is 5.09. The first-order valence-corrected chi connectivity index (χ1v) is 7.57. The number of rotatable bonds is 4. The molecule has 1 aromatic heterocycles. The molecule has 0 saturated carbocycles. The summed E-state index contributed by atoms with van der Waals surface area (Å²) >= 11 is 9.46. The normalized spacial score (nSPS) is 12.6. The molecule has 0 amide bonds. The molecule has 0 aliphatic rings. The van der Waals surface area contributed by atoms with Crippen molar-refractivity contribution in [3.63, 3.8) is 0 Å². The fraction of sp³-hybridized carbons (Fsp3) is 0.167. The highest BCUT2D eigenvalue weighted by molar-refractivity contribution is 7.98. The molecule has 90 valence electrons. The van der Waals surface area contributed by atoms with Crippen molar-refractivity contribution in [3.05, 3.63) is 51.2 Å². The lowest BCUT2D eigenvalue weighted by molar-refractivity contribution is 0.646. The zero-order valence-corrected chi connectivity index (χ0v) is 11.7. The van der Waals surface area contributed by atoms with E-state index in [2.05, 4.69) is 35.9 Å². The average molecular weight is 285 g/mol. The smallest absolute Gasteiger partial charge is 0.0817 e. The SMILES string of the molecule is CSc1ccc(C(NN)c2sccc2Cl)cc1. The fourth-order valence-electron chi connectivity index (χ4n) is 1.63. The van der Waals surface area contributed by atoms with E-state index in [1.54, 1.807) is 23.1 Å². The number of halogens is 1. The molecule has 1 heterocycles. The van der Waals surface area contributed by atoms with Gasteiger partial charge in [-0.05, 0) is 35.4 Å². The van der Waals surface area contributed by atoms with Gasteiger partial charge in [0.15, 0.2) is 0 Å². The summed E-state index contributed by atoms with van der Waals surface area (Å²) in [7, 11) is 0. The molecule has 0 spiro atoms. The van der Waals surface area contributed by atoms with E-state index in [1.165, 1.54) is 4.90 Å². The summed E-state index contributed by atoms with van der Waals surface area (Å²) in [5.41, 5.74) is 3.94. The van der Waals surface area contributed by atoms with Gasteiger partial charge < -0.3 is 0 Å². The fourth-order valence-corrected chi connectivity index (χ4v) is 3.29. The maximum Gasteiger partial charge on any atom is 0.0817 e. The minimum absolute atomic E-state index is 0.0431. The molecule has 2 rings (SSSR count). The predicted octanol–water partition coefficient (Wildman–Crippen LogP) is 3.68. The number of thiophene rings is 1. The van der Waals surface area contributed by atoms with Crippen LogP contribution in [-0.2, 0) is 0 Å². The van der Waals surface area contributed by atoms with E-state index in [0.29, 0.717) is 0 Å². The second kappa shape index (κ2) is 5.89. The molecule has 0 fully saturated rings. The van der Waals surface area contributed by atoms with Crippen LogP contribution in [0.2, 0.25) is 5.02 Å². The Morgan fingerprint density at radius 1 is 1.29 bits per heavy atom. The van der Waals surface area contributed by atoms with Crippen molar-refractivity contribution < 1.29 is 0 Å². The second-order valence-electron chi connectivity index (χ2n) is 3.51. The van der Waals surface area contributed by atoms with Crippen LogP contribution in [0, 0.1) is 0 Å². The molecule has 1 atom stereocenters. The lowest BCUT2D eigenvalue weighted by atomic mass is 10.1. The third-order valence-electron chi connectivity index (χ3n) is 2.52. The molecule has 2 nitrogen and oxygen atoms in total. The number of nitrogens with two attached hydrogens (primary N) is 1. The summed E-state index contributed by atoms with van der Waals surface area (Å²) in [4.78, 5) is 2.29. The van der Waals surface area contributed by atoms with Crippen molar-refractivity contribution in [2.24, 2.45) is 5.84 Å². The molecule has 3 N–H and O–H groups in total. The van der Waals surface area contributed by atoms with Gasteiger partial charge in [0.25, 0.3) is 0 Å². The Kier molecular flexibility index (Phi) is 4.48. The summed E-state index contributed by atoms with van der Waals surface area (Å²) in [5.74, 6) is 5.63. The summed E-state index contributed by atoms with van der Waals surface area (Å²) in [6.45, 7) is 0. The van der Waals surface area contributed by atoms with Gasteiger partial charge in [0.2, 0.25) is 0 Å². The predicted molar refractivity (Wildman–Crippen MR) is 76.7 cm³/mol. The van der Waals surface area contributed by atoms with Crippen LogP contribution in [0.4, 0.5) is 0 Å². The summed E-state index contributed by atoms with van der Waals surface area (Å²) in [6, 6.07) is 10.2. The highest BCUT2D eigenvalue weighted by Crippen LogP contribution is 2.32. The van der Waals surface area contributed by atoms with E-state index >= 15 is 0 Å². The maximum absolute atomic E-state index is 6.13. The molecule has 5 heteroatoms. The molecule has 1 aromatic carbocycles. The lowest BCUT2D eigenvalue weighted by Crippen LogP contribution is -2.28. The van der Waals surface area contributed by atoms with Crippen LogP contribution in [0.15, 0.2) is 40.6 Å². The van der Waals surface area contributed by atoms with E-state index in [9.17, 15) is 0 Å². The Balaban J connectivity index is 2.32. The molecule has 0 bridgehead atoms. The Bertz CT molecular complexity index is 482. The van der Waals surface area contributed by atoms with Gasteiger partial charge in [0.05, 0.1) is 11.1 Å². The van der Waals surface area contributed by atoms with Crippen molar-refractivity contribution in [1.29, 1.82) is 0 Å². The third kappa shape index (κ3) is 2.84. The minimum Gasteiger partial charge on any atom is -0.271 e. The van der Waals surface area contributed by atoms with Gasteiger partial charge in [-0.3, -0.25) is 5.84 Å². The molecule has 0 aliphatic carbocycles. The van der Waals surface area contributed by atoms with Crippen LogP contribution in [0.1, 0.15) is 16.5 Å². The van der Waals surface area contributed by atoms with Crippen LogP contribution in [0.5, 0.6) is 0 Å². The molecule has 0 radical (unpaired) electrons. The summed E-state index contributed by atoms with van der Waals surface area (Å²) in [6.07, 6.45) is 2.06. The molecule has 0 saturated heterocycles. The summed E-state index contributed by atoms with van der Waals surface area (Å²) < 4.78 is 0. The summed E-state index contributed by atoms with van der Waals surface area (Å²) in [5, 5.41) is 2.73. The Morgan fingerprint density at radius 2 is 2.00 bits per heavy atom. The monoisotopic (exact) mass is 284 g/mol. The van der Waals surface area contributed by atoms with Gasteiger partial charge in [0, 0.05) is 9.77 Å². The van der Waals surface area contributed by atoms with E-state index in [4.69, 9.17) is 17.4 Å². The Hall–Kier alpha value is -0.520. The maximum atomic E-state index is 6.13. The molecular formula is C12H13ClN2S2. The molecule has 1 unspecified atom stereocenters. The van der Waals surface area contributed by atoms with Crippen molar-refractivity contribution in [2.75, 3.05) is 6.26 Å². The van der Waals surface area contributed by atoms with Gasteiger partial charge in [-0.1, -0.05) is 23.7 Å². The second-order valence-corrected chi connectivity index (χ2v) is 5.74. The number of hydrazine groups is 1. The Labute approximate surface area is 114 Å². The van der Waals surface area contributed by atoms with E-state index in [1.807, 2.05) is 11.4 Å². The van der Waals surface area contributed by atoms with E-state index in [0.717, 1.165) is 15.5 Å². The van der Waals surface area contributed by atoms with Gasteiger partial charge in [0.1, 0.15) is 0 Å². The van der Waals surface area contributed by atoms with Crippen molar-refractivity contribution in [1.82, 2.24) is 5.43 Å². The first kappa shape index (κ1) is 12.9.